The highest BCUT2D eigenvalue weighted by molar-refractivity contribution is 5.59. The van der Waals surface area contributed by atoms with Gasteiger partial charge in [-0.05, 0) is 43.1 Å². The van der Waals surface area contributed by atoms with E-state index < -0.39 is 0 Å². The second-order valence-corrected chi connectivity index (χ2v) is 6.45. The predicted molar refractivity (Wildman–Crippen MR) is 97.8 cm³/mol. The van der Waals surface area contributed by atoms with E-state index in [4.69, 9.17) is 14.7 Å². The third-order valence-corrected chi connectivity index (χ3v) is 4.34. The van der Waals surface area contributed by atoms with Crippen molar-refractivity contribution < 1.29 is 4.74 Å². The van der Waals surface area contributed by atoms with Gasteiger partial charge in [-0.3, -0.25) is 0 Å². The Hall–Kier alpha value is -2.14. The fraction of sp³-hybridized carbons (Fsp3) is 0.474. The van der Waals surface area contributed by atoms with Crippen LogP contribution in [-0.2, 0) is 0 Å². The molecule has 1 saturated heterocycles. The van der Waals surface area contributed by atoms with Crippen molar-refractivity contribution in [3.8, 4) is 17.1 Å². The third-order valence-electron chi connectivity index (χ3n) is 4.34. The van der Waals surface area contributed by atoms with Gasteiger partial charge in [-0.25, -0.2) is 9.97 Å². The van der Waals surface area contributed by atoms with Gasteiger partial charge in [0.25, 0.3) is 0 Å². The molecule has 0 spiro atoms. The molecule has 0 bridgehead atoms. The maximum absolute atomic E-state index is 5.24. The van der Waals surface area contributed by atoms with E-state index >= 15 is 0 Å². The van der Waals surface area contributed by atoms with Crippen molar-refractivity contribution in [2.24, 2.45) is 0 Å². The number of anilines is 1. The van der Waals surface area contributed by atoms with E-state index in [1.54, 1.807) is 7.11 Å². The molecule has 1 fully saturated rings. The number of nitrogens with one attached hydrogen (secondary N) is 1. The van der Waals surface area contributed by atoms with E-state index in [-0.39, 0.29) is 0 Å². The van der Waals surface area contributed by atoms with Crippen molar-refractivity contribution >= 4 is 5.82 Å². The summed E-state index contributed by atoms with van der Waals surface area (Å²) >= 11 is 0. The van der Waals surface area contributed by atoms with Gasteiger partial charge in [0, 0.05) is 37.0 Å². The molecule has 0 unspecified atom stereocenters. The van der Waals surface area contributed by atoms with Crippen LogP contribution in [0.3, 0.4) is 0 Å². The van der Waals surface area contributed by atoms with E-state index in [9.17, 15) is 0 Å². The molecule has 128 valence electrons. The Kier molecular flexibility index (Phi) is 5.30. The minimum absolute atomic E-state index is 0.369. The number of hydrogen-bond acceptors (Lipinski definition) is 5. The highest BCUT2D eigenvalue weighted by Gasteiger charge is 2.15. The van der Waals surface area contributed by atoms with E-state index in [2.05, 4.69) is 30.1 Å². The molecule has 1 aromatic heterocycles. The van der Waals surface area contributed by atoms with Crippen LogP contribution in [0.25, 0.3) is 11.4 Å². The van der Waals surface area contributed by atoms with Crippen molar-refractivity contribution in [3.05, 3.63) is 36.0 Å². The number of aromatic nitrogens is 2. The maximum Gasteiger partial charge on any atom is 0.161 e. The van der Waals surface area contributed by atoms with Crippen LogP contribution in [0, 0.1) is 0 Å². The lowest BCUT2D eigenvalue weighted by Gasteiger charge is -2.22. The van der Waals surface area contributed by atoms with Gasteiger partial charge in [-0.15, -0.1) is 0 Å². The summed E-state index contributed by atoms with van der Waals surface area (Å²) in [5.41, 5.74) is 2.11. The first-order chi connectivity index (χ1) is 11.7. The average Bonchev–Trinajstić information content (AvgIpc) is 2.91. The minimum Gasteiger partial charge on any atom is -0.497 e. The van der Waals surface area contributed by atoms with Gasteiger partial charge >= 0.3 is 0 Å². The van der Waals surface area contributed by atoms with Gasteiger partial charge in [0.05, 0.1) is 7.11 Å². The average molecular weight is 326 g/mol. The van der Waals surface area contributed by atoms with Crippen LogP contribution in [0.15, 0.2) is 30.3 Å². The van der Waals surface area contributed by atoms with Gasteiger partial charge < -0.3 is 15.0 Å². The Morgan fingerprint density at radius 3 is 2.58 bits per heavy atom. The molecule has 24 heavy (non-hydrogen) atoms. The summed E-state index contributed by atoms with van der Waals surface area (Å²) < 4.78 is 5.24. The lowest BCUT2D eigenvalue weighted by atomic mass is 10.1. The normalized spacial score (nSPS) is 15.4. The maximum atomic E-state index is 5.24. The molecule has 1 aliphatic rings. The minimum atomic E-state index is 0.369. The summed E-state index contributed by atoms with van der Waals surface area (Å²) in [5, 5.41) is 3.44. The van der Waals surface area contributed by atoms with Crippen molar-refractivity contribution in [1.82, 2.24) is 15.3 Å². The molecule has 1 N–H and O–H groups in total. The molecule has 0 atom stereocenters. The molecule has 1 aliphatic heterocycles. The molecule has 0 saturated carbocycles. The lowest BCUT2D eigenvalue weighted by Crippen LogP contribution is -2.29. The quantitative estimate of drug-likeness (QED) is 0.936. The zero-order valence-electron chi connectivity index (χ0n) is 14.7. The van der Waals surface area contributed by atoms with Crippen molar-refractivity contribution in [2.45, 2.75) is 26.2 Å². The van der Waals surface area contributed by atoms with Gasteiger partial charge in [0.15, 0.2) is 5.82 Å². The summed E-state index contributed by atoms with van der Waals surface area (Å²) in [6.45, 7) is 8.44. The van der Waals surface area contributed by atoms with Crippen LogP contribution >= 0.6 is 0 Å². The molecule has 2 aromatic rings. The molecule has 0 amide bonds. The molecule has 0 radical (unpaired) electrons. The fourth-order valence-electron chi connectivity index (χ4n) is 2.85. The predicted octanol–water partition coefficient (Wildman–Crippen LogP) is 3.08. The molecule has 0 aliphatic carbocycles. The molecule has 1 aromatic carbocycles. The molecular weight excluding hydrogens is 300 g/mol. The number of methoxy groups -OCH3 is 1. The van der Waals surface area contributed by atoms with Gasteiger partial charge in [-0.2, -0.15) is 0 Å². The van der Waals surface area contributed by atoms with Gasteiger partial charge in [0.1, 0.15) is 11.6 Å². The topological polar surface area (TPSA) is 50.3 Å². The van der Waals surface area contributed by atoms with E-state index in [0.717, 1.165) is 61.2 Å². The van der Waals surface area contributed by atoms with Crippen LogP contribution in [0.5, 0.6) is 5.75 Å². The smallest absolute Gasteiger partial charge is 0.161 e. The van der Waals surface area contributed by atoms with E-state index in [1.165, 1.54) is 0 Å². The summed E-state index contributed by atoms with van der Waals surface area (Å²) in [6, 6.07) is 10.1. The van der Waals surface area contributed by atoms with E-state index in [1.807, 2.05) is 24.3 Å². The van der Waals surface area contributed by atoms with Gasteiger partial charge in [0.2, 0.25) is 0 Å². The SMILES string of the molecule is COc1ccc(-c2nc(C(C)C)cc(N3CCCNCC3)n2)cc1. The third kappa shape index (κ3) is 3.85. The van der Waals surface area contributed by atoms with Crippen LogP contribution in [-0.4, -0.2) is 43.3 Å². The number of rotatable bonds is 4. The molecule has 5 heteroatoms. The zero-order chi connectivity index (χ0) is 16.9. The largest absolute Gasteiger partial charge is 0.497 e. The van der Waals surface area contributed by atoms with Crippen molar-refractivity contribution in [2.75, 3.05) is 38.2 Å². The Morgan fingerprint density at radius 2 is 1.88 bits per heavy atom. The van der Waals surface area contributed by atoms with Crippen LogP contribution in [0.1, 0.15) is 31.9 Å². The van der Waals surface area contributed by atoms with Crippen LogP contribution < -0.4 is 15.0 Å². The van der Waals surface area contributed by atoms with Crippen molar-refractivity contribution in [3.63, 3.8) is 0 Å². The first-order valence-electron chi connectivity index (χ1n) is 8.66. The van der Waals surface area contributed by atoms with Crippen LogP contribution in [0.2, 0.25) is 0 Å². The van der Waals surface area contributed by atoms with Crippen LogP contribution in [0.4, 0.5) is 5.82 Å². The molecular formula is C19H26N4O. The first kappa shape index (κ1) is 16.7. The Balaban J connectivity index is 1.98. The molecule has 3 rings (SSSR count). The Morgan fingerprint density at radius 1 is 1.08 bits per heavy atom. The Bertz CT molecular complexity index is 662. The number of nitrogens with zero attached hydrogens (tertiary/aromatic N) is 3. The fourth-order valence-corrected chi connectivity index (χ4v) is 2.85. The second kappa shape index (κ2) is 7.62. The van der Waals surface area contributed by atoms with E-state index in [0.29, 0.717) is 5.92 Å². The number of hydrogen-bond donors (Lipinski definition) is 1. The zero-order valence-corrected chi connectivity index (χ0v) is 14.7. The first-order valence-corrected chi connectivity index (χ1v) is 8.66. The standard InChI is InChI=1S/C19H26N4O/c1-14(2)17-13-18(23-11-4-9-20-10-12-23)22-19(21-17)15-5-7-16(24-3)8-6-15/h5-8,13-14,20H,4,9-12H2,1-3H3. The number of ether oxygens (including phenoxy) is 1. The summed E-state index contributed by atoms with van der Waals surface area (Å²) in [5.74, 6) is 3.03. The second-order valence-electron chi connectivity index (χ2n) is 6.45. The highest BCUT2D eigenvalue weighted by atomic mass is 16.5. The highest BCUT2D eigenvalue weighted by Crippen LogP contribution is 2.25. The summed E-state index contributed by atoms with van der Waals surface area (Å²) in [4.78, 5) is 12.0. The monoisotopic (exact) mass is 326 g/mol. The summed E-state index contributed by atoms with van der Waals surface area (Å²) in [6.07, 6.45) is 1.14. The molecule has 5 nitrogen and oxygen atoms in total. The Labute approximate surface area is 144 Å². The van der Waals surface area contributed by atoms with Gasteiger partial charge in [-0.1, -0.05) is 13.8 Å². The molecule has 2 heterocycles. The number of benzene rings is 1. The summed E-state index contributed by atoms with van der Waals surface area (Å²) in [7, 11) is 1.68. The van der Waals surface area contributed by atoms with Crippen molar-refractivity contribution in [1.29, 1.82) is 0 Å². The lowest BCUT2D eigenvalue weighted by molar-refractivity contribution is 0.415.